The van der Waals surface area contributed by atoms with Crippen molar-refractivity contribution in [3.63, 3.8) is 0 Å². The molecule has 1 amide bonds. The van der Waals surface area contributed by atoms with Gasteiger partial charge in [-0.25, -0.2) is 4.79 Å². The number of ether oxygens (including phenoxy) is 1. The van der Waals surface area contributed by atoms with E-state index in [9.17, 15) is 9.90 Å². The molecule has 4 heteroatoms. The lowest BCUT2D eigenvalue weighted by molar-refractivity contribution is 0.0923. The molecule has 0 rings (SSSR count). The van der Waals surface area contributed by atoms with Crippen molar-refractivity contribution in [2.24, 2.45) is 0 Å². The molecular formula is C14H25NO3. The summed E-state index contributed by atoms with van der Waals surface area (Å²) in [5.74, 6) is 0. The van der Waals surface area contributed by atoms with Crippen LogP contribution < -0.4 is 0 Å². The van der Waals surface area contributed by atoms with Gasteiger partial charge in [0.1, 0.15) is 6.10 Å². The number of unbranched alkanes of at least 4 members (excludes halogenated alkanes) is 1. The first-order chi connectivity index (χ1) is 8.38. The van der Waals surface area contributed by atoms with E-state index in [1.807, 2.05) is 6.08 Å². The lowest BCUT2D eigenvalue weighted by Crippen LogP contribution is -2.28. The van der Waals surface area contributed by atoms with Crippen molar-refractivity contribution in [2.45, 2.75) is 45.3 Å². The molecule has 0 aromatic heterocycles. The van der Waals surface area contributed by atoms with Gasteiger partial charge in [0.05, 0.1) is 6.10 Å². The summed E-state index contributed by atoms with van der Waals surface area (Å²) in [6, 6.07) is 0. The summed E-state index contributed by atoms with van der Waals surface area (Å²) < 4.78 is 5.15. The second-order valence-electron chi connectivity index (χ2n) is 4.57. The third-order valence-electron chi connectivity index (χ3n) is 2.50. The van der Waals surface area contributed by atoms with E-state index in [4.69, 9.17) is 4.74 Å². The Labute approximate surface area is 110 Å². The van der Waals surface area contributed by atoms with Crippen LogP contribution in [0.5, 0.6) is 0 Å². The molecule has 0 heterocycles. The van der Waals surface area contributed by atoms with Crippen LogP contribution in [0.3, 0.4) is 0 Å². The number of carbonyl (C=O) groups is 1. The van der Waals surface area contributed by atoms with Crippen molar-refractivity contribution < 1.29 is 14.6 Å². The summed E-state index contributed by atoms with van der Waals surface area (Å²) in [5.41, 5.74) is 0.707. The van der Waals surface area contributed by atoms with Gasteiger partial charge in [0, 0.05) is 20.5 Å². The lowest BCUT2D eigenvalue weighted by atomic mass is 10.0. The molecule has 0 bridgehead atoms. The van der Waals surface area contributed by atoms with Crippen molar-refractivity contribution in [1.82, 2.24) is 4.90 Å². The molecule has 0 aliphatic carbocycles. The number of carbonyl (C=O) groups excluding carboxylic acids is 1. The molecule has 0 aromatic rings. The predicted molar refractivity (Wildman–Crippen MR) is 73.4 cm³/mol. The van der Waals surface area contributed by atoms with E-state index in [2.05, 4.69) is 13.5 Å². The Morgan fingerprint density at radius 1 is 1.50 bits per heavy atom. The Kier molecular flexibility index (Phi) is 8.12. The molecule has 0 radical (unpaired) electrons. The topological polar surface area (TPSA) is 49.8 Å². The molecule has 1 N–H and O–H groups in total. The van der Waals surface area contributed by atoms with E-state index >= 15 is 0 Å². The minimum absolute atomic E-state index is 0.394. The van der Waals surface area contributed by atoms with Crippen molar-refractivity contribution in [3.05, 3.63) is 24.3 Å². The van der Waals surface area contributed by atoms with Gasteiger partial charge in [-0.15, -0.1) is 0 Å². The zero-order valence-corrected chi connectivity index (χ0v) is 11.8. The Hall–Kier alpha value is -1.29. The van der Waals surface area contributed by atoms with Gasteiger partial charge in [-0.2, -0.15) is 0 Å². The van der Waals surface area contributed by atoms with Crippen molar-refractivity contribution in [1.29, 1.82) is 0 Å². The lowest BCUT2D eigenvalue weighted by Gasteiger charge is -2.19. The van der Waals surface area contributed by atoms with Gasteiger partial charge in [0.25, 0.3) is 0 Å². The molecule has 0 fully saturated rings. The molecule has 0 saturated heterocycles. The van der Waals surface area contributed by atoms with Crippen molar-refractivity contribution in [2.75, 3.05) is 14.1 Å². The van der Waals surface area contributed by atoms with Crippen LogP contribution in [0.4, 0.5) is 4.79 Å². The van der Waals surface area contributed by atoms with Crippen LogP contribution in [0.1, 0.15) is 33.1 Å². The third kappa shape index (κ3) is 7.12. The van der Waals surface area contributed by atoms with Gasteiger partial charge in [-0.05, 0) is 18.9 Å². The maximum absolute atomic E-state index is 11.3. The van der Waals surface area contributed by atoms with E-state index < -0.39 is 18.3 Å². The second-order valence-corrected chi connectivity index (χ2v) is 4.57. The fourth-order valence-electron chi connectivity index (χ4n) is 1.26. The molecule has 104 valence electrons. The third-order valence-corrected chi connectivity index (χ3v) is 2.50. The number of rotatable bonds is 7. The van der Waals surface area contributed by atoms with Gasteiger partial charge >= 0.3 is 6.09 Å². The highest BCUT2D eigenvalue weighted by molar-refractivity contribution is 5.67. The minimum Gasteiger partial charge on any atom is -0.442 e. The van der Waals surface area contributed by atoms with E-state index in [-0.39, 0.29) is 0 Å². The van der Waals surface area contributed by atoms with Crippen LogP contribution in [0.15, 0.2) is 24.3 Å². The summed E-state index contributed by atoms with van der Waals surface area (Å²) in [6.45, 7) is 7.68. The Morgan fingerprint density at radius 2 is 2.11 bits per heavy atom. The summed E-state index contributed by atoms with van der Waals surface area (Å²) in [6.07, 6.45) is 4.76. The van der Waals surface area contributed by atoms with E-state index in [0.29, 0.717) is 12.0 Å². The molecule has 0 unspecified atom stereocenters. The Balaban J connectivity index is 4.11. The number of nitrogens with zero attached hydrogens (tertiary/aromatic N) is 1. The van der Waals surface area contributed by atoms with Crippen molar-refractivity contribution in [3.8, 4) is 0 Å². The first-order valence-electron chi connectivity index (χ1n) is 6.28. The number of hydrogen-bond donors (Lipinski definition) is 1. The maximum Gasteiger partial charge on any atom is 0.409 e. The molecule has 0 aliphatic heterocycles. The molecule has 18 heavy (non-hydrogen) atoms. The van der Waals surface area contributed by atoms with Crippen LogP contribution in [-0.4, -0.2) is 42.4 Å². The van der Waals surface area contributed by atoms with Gasteiger partial charge in [0.2, 0.25) is 0 Å². The second kappa shape index (κ2) is 8.75. The number of hydrogen-bond acceptors (Lipinski definition) is 3. The minimum atomic E-state index is -0.565. The summed E-state index contributed by atoms with van der Waals surface area (Å²) in [7, 11) is 3.25. The average molecular weight is 255 g/mol. The first-order valence-corrected chi connectivity index (χ1v) is 6.28. The highest BCUT2D eigenvalue weighted by Crippen LogP contribution is 2.13. The number of aliphatic hydroxyl groups is 1. The number of allylic oxidation sites excluding steroid dienone is 1. The van der Waals surface area contributed by atoms with Crippen LogP contribution in [0.25, 0.3) is 0 Å². The van der Waals surface area contributed by atoms with Gasteiger partial charge in [0.15, 0.2) is 0 Å². The smallest absolute Gasteiger partial charge is 0.409 e. The predicted octanol–water partition coefficient (Wildman–Crippen LogP) is 2.74. The largest absolute Gasteiger partial charge is 0.442 e. The molecule has 0 spiro atoms. The zero-order chi connectivity index (χ0) is 14.1. The first kappa shape index (κ1) is 16.7. The van der Waals surface area contributed by atoms with Crippen molar-refractivity contribution >= 4 is 6.09 Å². The average Bonchev–Trinajstić information content (AvgIpc) is 2.28. The van der Waals surface area contributed by atoms with E-state index in [0.717, 1.165) is 12.8 Å². The monoisotopic (exact) mass is 255 g/mol. The number of aliphatic hydroxyl groups excluding tert-OH is 1. The zero-order valence-electron chi connectivity index (χ0n) is 11.8. The maximum atomic E-state index is 11.3. The Morgan fingerprint density at radius 3 is 2.61 bits per heavy atom. The van der Waals surface area contributed by atoms with Gasteiger partial charge in [-0.1, -0.05) is 32.1 Å². The van der Waals surface area contributed by atoms with E-state index in [1.165, 1.54) is 4.90 Å². The van der Waals surface area contributed by atoms with Crippen LogP contribution in [0, 0.1) is 0 Å². The number of amides is 1. The normalized spacial score (nSPS) is 14.3. The van der Waals surface area contributed by atoms with Crippen LogP contribution in [0.2, 0.25) is 0 Å². The van der Waals surface area contributed by atoms with Gasteiger partial charge < -0.3 is 14.7 Å². The molecule has 0 aromatic carbocycles. The standard InChI is InChI=1S/C14H25NO3/c1-6-7-8-9-13(16)10-11(2)12(3)18-14(17)15(4)5/h8-9,12-13,16H,2,6-7,10H2,1,3-5H3/b9-8+/t12-,13-/m1/s1. The van der Waals surface area contributed by atoms with Crippen LogP contribution in [-0.2, 0) is 4.74 Å². The highest BCUT2D eigenvalue weighted by Gasteiger charge is 2.15. The summed E-state index contributed by atoms with van der Waals surface area (Å²) in [5, 5.41) is 9.74. The van der Waals surface area contributed by atoms with Gasteiger partial charge in [-0.3, -0.25) is 0 Å². The quantitative estimate of drug-likeness (QED) is 0.712. The SMILES string of the molecule is C=C(C[C@H](O)/C=C/CCC)[C@@H](C)OC(=O)N(C)C. The Bertz CT molecular complexity index is 297. The molecular weight excluding hydrogens is 230 g/mol. The summed E-state index contributed by atoms with van der Waals surface area (Å²) >= 11 is 0. The fourth-order valence-corrected chi connectivity index (χ4v) is 1.26. The van der Waals surface area contributed by atoms with Crippen LogP contribution >= 0.6 is 0 Å². The highest BCUT2D eigenvalue weighted by atomic mass is 16.6. The molecule has 2 atom stereocenters. The van der Waals surface area contributed by atoms with E-state index in [1.54, 1.807) is 27.1 Å². The fraction of sp³-hybridized carbons (Fsp3) is 0.643. The molecule has 0 saturated carbocycles. The summed E-state index contributed by atoms with van der Waals surface area (Å²) in [4.78, 5) is 12.7. The molecule has 0 aliphatic rings. The molecule has 4 nitrogen and oxygen atoms in total.